The SMILES string of the molecule is c1cc2c(cn1)NC1CCCC1CN2. The van der Waals surface area contributed by atoms with E-state index in [-0.39, 0.29) is 0 Å². The van der Waals surface area contributed by atoms with Crippen molar-refractivity contribution in [3.63, 3.8) is 0 Å². The zero-order valence-electron chi connectivity index (χ0n) is 8.16. The van der Waals surface area contributed by atoms with Crippen molar-refractivity contribution in [3.05, 3.63) is 18.5 Å². The van der Waals surface area contributed by atoms with Crippen LogP contribution in [0.25, 0.3) is 0 Å². The Bertz CT molecular complexity index is 337. The molecule has 0 radical (unpaired) electrons. The van der Waals surface area contributed by atoms with Crippen LogP contribution in [0, 0.1) is 5.92 Å². The van der Waals surface area contributed by atoms with Crippen LogP contribution in [-0.2, 0) is 0 Å². The van der Waals surface area contributed by atoms with Gasteiger partial charge in [0.2, 0.25) is 0 Å². The molecule has 1 saturated carbocycles. The third-order valence-electron chi connectivity index (χ3n) is 3.38. The number of nitrogens with zero attached hydrogens (tertiary/aromatic N) is 1. The summed E-state index contributed by atoms with van der Waals surface area (Å²) in [5, 5.41) is 7.09. The molecule has 0 aromatic carbocycles. The highest BCUT2D eigenvalue weighted by molar-refractivity contribution is 5.68. The van der Waals surface area contributed by atoms with Gasteiger partial charge in [-0.3, -0.25) is 4.98 Å². The van der Waals surface area contributed by atoms with Gasteiger partial charge in [0.05, 0.1) is 17.6 Å². The first-order valence-corrected chi connectivity index (χ1v) is 5.38. The summed E-state index contributed by atoms with van der Waals surface area (Å²) in [7, 11) is 0. The van der Waals surface area contributed by atoms with Gasteiger partial charge in [0.1, 0.15) is 0 Å². The maximum Gasteiger partial charge on any atom is 0.0764 e. The number of hydrogen-bond acceptors (Lipinski definition) is 3. The Morgan fingerprint density at radius 1 is 1.29 bits per heavy atom. The van der Waals surface area contributed by atoms with E-state index < -0.39 is 0 Å². The third-order valence-corrected chi connectivity index (χ3v) is 3.38. The Morgan fingerprint density at radius 2 is 2.29 bits per heavy atom. The van der Waals surface area contributed by atoms with Gasteiger partial charge in [0.25, 0.3) is 0 Å². The summed E-state index contributed by atoms with van der Waals surface area (Å²) in [5.41, 5.74) is 2.37. The maximum atomic E-state index is 4.15. The summed E-state index contributed by atoms with van der Waals surface area (Å²) in [5.74, 6) is 0.794. The molecule has 1 aliphatic heterocycles. The maximum absolute atomic E-state index is 4.15. The van der Waals surface area contributed by atoms with E-state index in [4.69, 9.17) is 0 Å². The van der Waals surface area contributed by atoms with Crippen LogP contribution < -0.4 is 10.6 Å². The molecule has 2 heterocycles. The van der Waals surface area contributed by atoms with Crippen LogP contribution in [0.15, 0.2) is 18.5 Å². The zero-order chi connectivity index (χ0) is 9.38. The van der Waals surface area contributed by atoms with E-state index in [0.717, 1.165) is 12.5 Å². The molecular weight excluding hydrogens is 174 g/mol. The van der Waals surface area contributed by atoms with E-state index in [2.05, 4.69) is 15.6 Å². The molecule has 2 aliphatic rings. The molecule has 74 valence electrons. The molecule has 2 N–H and O–H groups in total. The lowest BCUT2D eigenvalue weighted by Gasteiger charge is -2.17. The number of fused-ring (bicyclic) bond motifs is 2. The fourth-order valence-electron chi connectivity index (χ4n) is 2.58. The van der Waals surface area contributed by atoms with E-state index in [1.165, 1.54) is 30.6 Å². The van der Waals surface area contributed by atoms with E-state index in [1.54, 1.807) is 0 Å². The van der Waals surface area contributed by atoms with Crippen molar-refractivity contribution in [1.29, 1.82) is 0 Å². The van der Waals surface area contributed by atoms with Crippen LogP contribution in [0.2, 0.25) is 0 Å². The van der Waals surface area contributed by atoms with Crippen LogP contribution in [-0.4, -0.2) is 17.6 Å². The van der Waals surface area contributed by atoms with Crippen LogP contribution >= 0.6 is 0 Å². The first-order valence-electron chi connectivity index (χ1n) is 5.38. The second-order valence-corrected chi connectivity index (χ2v) is 4.24. The molecule has 0 amide bonds. The molecule has 1 aliphatic carbocycles. The van der Waals surface area contributed by atoms with Gasteiger partial charge in [-0.1, -0.05) is 6.42 Å². The van der Waals surface area contributed by atoms with Crippen LogP contribution in [0.5, 0.6) is 0 Å². The summed E-state index contributed by atoms with van der Waals surface area (Å²) >= 11 is 0. The third kappa shape index (κ3) is 1.24. The van der Waals surface area contributed by atoms with E-state index in [1.807, 2.05) is 18.5 Å². The minimum Gasteiger partial charge on any atom is -0.383 e. The van der Waals surface area contributed by atoms with Gasteiger partial charge in [0, 0.05) is 18.8 Å². The van der Waals surface area contributed by atoms with Crippen LogP contribution in [0.3, 0.4) is 0 Å². The van der Waals surface area contributed by atoms with Crippen molar-refractivity contribution < 1.29 is 0 Å². The molecule has 1 aromatic rings. The summed E-state index contributed by atoms with van der Waals surface area (Å²) in [6.07, 6.45) is 7.78. The average Bonchev–Trinajstić information content (AvgIpc) is 2.58. The second kappa shape index (κ2) is 3.15. The lowest BCUT2D eigenvalue weighted by Crippen LogP contribution is -2.25. The van der Waals surface area contributed by atoms with Gasteiger partial charge in [-0.2, -0.15) is 0 Å². The zero-order valence-corrected chi connectivity index (χ0v) is 8.16. The van der Waals surface area contributed by atoms with E-state index in [0.29, 0.717) is 6.04 Å². The van der Waals surface area contributed by atoms with Crippen molar-refractivity contribution in [2.24, 2.45) is 5.92 Å². The van der Waals surface area contributed by atoms with Crippen molar-refractivity contribution in [3.8, 4) is 0 Å². The Kier molecular flexibility index (Phi) is 1.82. The normalized spacial score (nSPS) is 29.4. The second-order valence-electron chi connectivity index (χ2n) is 4.24. The minimum absolute atomic E-state index is 0.660. The van der Waals surface area contributed by atoms with Gasteiger partial charge in [-0.25, -0.2) is 0 Å². The van der Waals surface area contributed by atoms with Crippen LogP contribution in [0.4, 0.5) is 11.4 Å². The summed E-state index contributed by atoms with van der Waals surface area (Å²) in [4.78, 5) is 4.15. The summed E-state index contributed by atoms with van der Waals surface area (Å²) in [6, 6.07) is 2.71. The van der Waals surface area contributed by atoms with Gasteiger partial charge >= 0.3 is 0 Å². The molecule has 14 heavy (non-hydrogen) atoms. The average molecular weight is 189 g/mol. The lowest BCUT2D eigenvalue weighted by atomic mass is 10.0. The van der Waals surface area contributed by atoms with Crippen molar-refractivity contribution in [1.82, 2.24) is 4.98 Å². The number of nitrogens with one attached hydrogen (secondary N) is 2. The van der Waals surface area contributed by atoms with Crippen LogP contribution in [0.1, 0.15) is 19.3 Å². The standard InChI is InChI=1S/C11H15N3/c1-2-8-6-13-10-4-5-12-7-11(10)14-9(8)3-1/h4-5,7-9,13-14H,1-3,6H2. The molecule has 1 aromatic heterocycles. The molecule has 3 heteroatoms. The van der Waals surface area contributed by atoms with E-state index >= 15 is 0 Å². The fraction of sp³-hybridized carbons (Fsp3) is 0.545. The largest absolute Gasteiger partial charge is 0.383 e. The number of hydrogen-bond donors (Lipinski definition) is 2. The highest BCUT2D eigenvalue weighted by atomic mass is 15.0. The van der Waals surface area contributed by atoms with Crippen molar-refractivity contribution >= 4 is 11.4 Å². The number of pyridine rings is 1. The number of aromatic nitrogens is 1. The molecule has 3 nitrogen and oxygen atoms in total. The lowest BCUT2D eigenvalue weighted by molar-refractivity contribution is 0.537. The van der Waals surface area contributed by atoms with Crippen molar-refractivity contribution in [2.45, 2.75) is 25.3 Å². The van der Waals surface area contributed by atoms with Gasteiger partial charge in [-0.05, 0) is 24.8 Å². The molecule has 3 rings (SSSR count). The molecule has 0 saturated heterocycles. The van der Waals surface area contributed by atoms with Gasteiger partial charge in [-0.15, -0.1) is 0 Å². The summed E-state index contributed by atoms with van der Waals surface area (Å²) < 4.78 is 0. The predicted molar refractivity (Wildman–Crippen MR) is 57.5 cm³/mol. The highest BCUT2D eigenvalue weighted by Crippen LogP contribution is 2.34. The Hall–Kier alpha value is -1.25. The topological polar surface area (TPSA) is 37.0 Å². The molecule has 1 fully saturated rings. The first-order chi connectivity index (χ1) is 6.93. The smallest absolute Gasteiger partial charge is 0.0764 e. The minimum atomic E-state index is 0.660. The Morgan fingerprint density at radius 3 is 3.29 bits per heavy atom. The molecule has 2 unspecified atom stereocenters. The molecule has 0 bridgehead atoms. The number of anilines is 2. The highest BCUT2D eigenvalue weighted by Gasteiger charge is 2.29. The fourth-order valence-corrected chi connectivity index (χ4v) is 2.58. The molecule has 2 atom stereocenters. The quantitative estimate of drug-likeness (QED) is 0.656. The Labute approximate surface area is 83.9 Å². The monoisotopic (exact) mass is 189 g/mol. The predicted octanol–water partition coefficient (Wildman–Crippen LogP) is 2.09. The van der Waals surface area contributed by atoms with Crippen molar-refractivity contribution in [2.75, 3.05) is 17.2 Å². The number of rotatable bonds is 0. The molecule has 0 spiro atoms. The summed E-state index contributed by atoms with van der Waals surface area (Å²) in [6.45, 7) is 1.11. The first kappa shape index (κ1) is 8.09. The molecular formula is C11H15N3. The Balaban J connectivity index is 1.93. The van der Waals surface area contributed by atoms with Gasteiger partial charge in [0.15, 0.2) is 0 Å². The van der Waals surface area contributed by atoms with Gasteiger partial charge < -0.3 is 10.6 Å². The van der Waals surface area contributed by atoms with E-state index in [9.17, 15) is 0 Å².